The number of alkyl halides is 3. The molecule has 0 bridgehead atoms. The minimum absolute atomic E-state index is 0.545. The van der Waals surface area contributed by atoms with Crippen LogP contribution in [-0.4, -0.2) is 8.42 Å². The van der Waals surface area contributed by atoms with Gasteiger partial charge in [-0.05, 0) is 70.8 Å². The molecule has 0 amide bonds. The minimum atomic E-state index is -4.87. The summed E-state index contributed by atoms with van der Waals surface area (Å²) in [6.45, 7) is 2.00. The molecule has 0 heterocycles. The SMILES string of the molecule is CCc1ccc(S(OS(=O)(=O)c2ccccc2C(F)(F)F)(c2ccccc2)c2ccccc2)cc1. The van der Waals surface area contributed by atoms with Crippen molar-refractivity contribution >= 4 is 20.4 Å². The Labute approximate surface area is 204 Å². The summed E-state index contributed by atoms with van der Waals surface area (Å²) in [4.78, 5) is 0.730. The standard InChI is InChI=1S/C27H23F3O3S2/c1-2-21-17-19-24(20-18-21)34(22-11-5-3-6-12-22,23-13-7-4-8-14-23)33-35(31,32)26-16-10-9-15-25(26)27(28,29)30/h3-20H,2H2,1H3. The Bertz CT molecular complexity index is 1350. The number of rotatable bonds is 7. The highest BCUT2D eigenvalue weighted by Crippen LogP contribution is 2.70. The summed E-state index contributed by atoms with van der Waals surface area (Å²) in [5.74, 6) is 0. The van der Waals surface area contributed by atoms with Crippen LogP contribution in [0.15, 0.2) is 129 Å². The smallest absolute Gasteiger partial charge is 0.203 e. The van der Waals surface area contributed by atoms with Crippen LogP contribution in [0.1, 0.15) is 18.1 Å². The molecule has 0 aliphatic rings. The summed E-state index contributed by atoms with van der Waals surface area (Å²) < 4.78 is 74.6. The zero-order valence-corrected chi connectivity index (χ0v) is 20.4. The maximum atomic E-state index is 13.8. The fourth-order valence-electron chi connectivity index (χ4n) is 3.76. The molecule has 3 nitrogen and oxygen atoms in total. The third-order valence-electron chi connectivity index (χ3n) is 5.47. The molecule has 0 aliphatic heterocycles. The lowest BCUT2D eigenvalue weighted by molar-refractivity contribution is -0.139. The first-order valence-electron chi connectivity index (χ1n) is 10.8. The van der Waals surface area contributed by atoms with Crippen molar-refractivity contribution < 1.29 is 25.2 Å². The lowest BCUT2D eigenvalue weighted by atomic mass is 10.2. The first kappa shape index (κ1) is 25.0. The molecular formula is C27H23F3O3S2. The van der Waals surface area contributed by atoms with Crippen LogP contribution in [0.4, 0.5) is 13.2 Å². The number of hydrogen-bond donors (Lipinski definition) is 0. The molecule has 0 spiro atoms. The van der Waals surface area contributed by atoms with Gasteiger partial charge in [-0.3, -0.25) is 0 Å². The third kappa shape index (κ3) is 5.00. The maximum absolute atomic E-state index is 13.8. The summed E-state index contributed by atoms with van der Waals surface area (Å²) in [5, 5.41) is 0. The highest BCUT2D eigenvalue weighted by atomic mass is 32.3. The molecule has 182 valence electrons. The third-order valence-corrected chi connectivity index (χ3v) is 10.7. The monoisotopic (exact) mass is 516 g/mol. The zero-order valence-electron chi connectivity index (χ0n) is 18.8. The molecule has 0 atom stereocenters. The Kier molecular flexibility index (Phi) is 7.07. The molecule has 0 aliphatic carbocycles. The van der Waals surface area contributed by atoms with E-state index in [1.54, 1.807) is 72.8 Å². The fourth-order valence-corrected chi connectivity index (χ4v) is 9.18. The van der Waals surface area contributed by atoms with Gasteiger partial charge in [0.25, 0.3) is 0 Å². The van der Waals surface area contributed by atoms with Gasteiger partial charge in [-0.25, -0.2) is 3.63 Å². The molecular weight excluding hydrogens is 493 g/mol. The van der Waals surface area contributed by atoms with Crippen LogP contribution in [0.25, 0.3) is 0 Å². The summed E-state index contributed by atoms with van der Waals surface area (Å²) >= 11 is 0. The van der Waals surface area contributed by atoms with Crippen molar-refractivity contribution in [3.63, 3.8) is 0 Å². The van der Waals surface area contributed by atoms with Crippen LogP contribution in [0, 0.1) is 0 Å². The lowest BCUT2D eigenvalue weighted by Gasteiger charge is -2.39. The Morgan fingerprint density at radius 3 is 1.60 bits per heavy atom. The highest BCUT2D eigenvalue weighted by molar-refractivity contribution is 8.33. The molecule has 0 saturated heterocycles. The second-order valence-electron chi connectivity index (χ2n) is 7.70. The van der Waals surface area contributed by atoms with Crippen molar-refractivity contribution in [2.24, 2.45) is 0 Å². The van der Waals surface area contributed by atoms with Crippen LogP contribution < -0.4 is 0 Å². The van der Waals surface area contributed by atoms with Crippen molar-refractivity contribution in [1.29, 1.82) is 0 Å². The van der Waals surface area contributed by atoms with E-state index in [0.717, 1.165) is 30.2 Å². The first-order valence-corrected chi connectivity index (χ1v) is 13.8. The number of benzene rings is 4. The van der Waals surface area contributed by atoms with E-state index in [2.05, 4.69) is 0 Å². The van der Waals surface area contributed by atoms with Gasteiger partial charge in [0, 0.05) is 14.7 Å². The quantitative estimate of drug-likeness (QED) is 0.251. The largest absolute Gasteiger partial charge is 0.417 e. The van der Waals surface area contributed by atoms with E-state index in [4.69, 9.17) is 3.63 Å². The fraction of sp³-hybridized carbons (Fsp3) is 0.111. The highest BCUT2D eigenvalue weighted by Gasteiger charge is 2.42. The van der Waals surface area contributed by atoms with Crippen LogP contribution >= 0.6 is 10.3 Å². The van der Waals surface area contributed by atoms with Crippen LogP contribution in [0.5, 0.6) is 0 Å². The van der Waals surface area contributed by atoms with E-state index in [1.165, 1.54) is 6.07 Å². The Balaban J connectivity index is 2.02. The average Bonchev–Trinajstić information content (AvgIpc) is 2.88. The summed E-state index contributed by atoms with van der Waals surface area (Å²) in [7, 11) is -7.86. The average molecular weight is 517 g/mol. The van der Waals surface area contributed by atoms with Gasteiger partial charge in [0.1, 0.15) is 4.90 Å². The molecule has 0 fully saturated rings. The molecule has 8 heteroatoms. The van der Waals surface area contributed by atoms with E-state index in [1.807, 2.05) is 19.1 Å². The normalized spacial score (nSPS) is 12.9. The van der Waals surface area contributed by atoms with Crippen molar-refractivity contribution in [1.82, 2.24) is 0 Å². The molecule has 4 aromatic carbocycles. The molecule has 0 N–H and O–H groups in total. The van der Waals surface area contributed by atoms with Gasteiger partial charge in [0.05, 0.1) is 5.56 Å². The second kappa shape index (κ2) is 9.89. The van der Waals surface area contributed by atoms with Gasteiger partial charge >= 0.3 is 16.3 Å². The maximum Gasteiger partial charge on any atom is 0.417 e. The number of halogens is 3. The first-order chi connectivity index (χ1) is 16.7. The number of hydrogen-bond acceptors (Lipinski definition) is 3. The zero-order chi connectivity index (χ0) is 25.1. The topological polar surface area (TPSA) is 43.4 Å². The van der Waals surface area contributed by atoms with Crippen molar-refractivity contribution in [2.75, 3.05) is 0 Å². The molecule has 0 saturated carbocycles. The van der Waals surface area contributed by atoms with Gasteiger partial charge in [-0.15, -0.1) is 0 Å². The summed E-state index contributed by atoms with van der Waals surface area (Å²) in [6, 6.07) is 28.9. The molecule has 0 radical (unpaired) electrons. The van der Waals surface area contributed by atoms with Gasteiger partial charge in [0.15, 0.2) is 0 Å². The van der Waals surface area contributed by atoms with Crippen molar-refractivity contribution in [2.45, 2.75) is 39.1 Å². The predicted octanol–water partition coefficient (Wildman–Crippen LogP) is 7.87. The molecule has 0 aromatic heterocycles. The van der Waals surface area contributed by atoms with Crippen molar-refractivity contribution in [3.8, 4) is 0 Å². The Hall–Kier alpha value is -3.07. The van der Waals surface area contributed by atoms with Gasteiger partial charge in [0.2, 0.25) is 0 Å². The van der Waals surface area contributed by atoms with E-state index < -0.39 is 37.1 Å². The van der Waals surface area contributed by atoms with E-state index >= 15 is 0 Å². The summed E-state index contributed by atoms with van der Waals surface area (Å²) in [5.41, 5.74) is -0.232. The van der Waals surface area contributed by atoms with E-state index in [9.17, 15) is 21.6 Å². The number of aryl methyl sites for hydroxylation is 1. The predicted molar refractivity (Wildman–Crippen MR) is 131 cm³/mol. The van der Waals surface area contributed by atoms with Gasteiger partial charge in [-0.1, -0.05) is 67.6 Å². The molecule has 0 unspecified atom stereocenters. The molecule has 35 heavy (non-hydrogen) atoms. The summed E-state index contributed by atoms with van der Waals surface area (Å²) in [6.07, 6.45) is -4.09. The van der Waals surface area contributed by atoms with Gasteiger partial charge in [-0.2, -0.15) is 21.6 Å². The lowest BCUT2D eigenvalue weighted by Crippen LogP contribution is -2.18. The van der Waals surface area contributed by atoms with Crippen LogP contribution in [0.3, 0.4) is 0 Å². The second-order valence-corrected chi connectivity index (χ2v) is 12.1. The molecule has 4 aromatic rings. The van der Waals surface area contributed by atoms with E-state index in [0.29, 0.717) is 14.7 Å². The van der Waals surface area contributed by atoms with Gasteiger partial charge < -0.3 is 0 Å². The van der Waals surface area contributed by atoms with Crippen LogP contribution in [0.2, 0.25) is 0 Å². The Morgan fingerprint density at radius 1 is 0.657 bits per heavy atom. The van der Waals surface area contributed by atoms with E-state index in [-0.39, 0.29) is 0 Å². The minimum Gasteiger partial charge on any atom is -0.203 e. The molecule has 4 rings (SSSR count). The van der Waals surface area contributed by atoms with Crippen LogP contribution in [-0.2, 0) is 26.3 Å². The van der Waals surface area contributed by atoms with Crippen molar-refractivity contribution in [3.05, 3.63) is 120 Å². The Morgan fingerprint density at radius 2 is 1.11 bits per heavy atom.